The van der Waals surface area contributed by atoms with Crippen LogP contribution in [0.15, 0.2) is 18.3 Å². The summed E-state index contributed by atoms with van der Waals surface area (Å²) in [7, 11) is 0. The maximum Gasteiger partial charge on any atom is 0.230 e. The number of hydrogen-bond acceptors (Lipinski definition) is 3. The van der Waals surface area contributed by atoms with Gasteiger partial charge in [0.05, 0.1) is 11.9 Å². The molecule has 0 unspecified atom stereocenters. The van der Waals surface area contributed by atoms with Gasteiger partial charge in [-0.1, -0.05) is 20.3 Å². The zero-order valence-corrected chi connectivity index (χ0v) is 12.3. The SMILES string of the molecule is CC(C)CC1(C(=O)Nc2ccc(N)nc2)CCC1.Cl. The van der Waals surface area contributed by atoms with Gasteiger partial charge >= 0.3 is 0 Å². The molecular formula is C14H22ClN3O. The molecule has 106 valence electrons. The quantitative estimate of drug-likeness (QED) is 0.891. The van der Waals surface area contributed by atoms with Crippen LogP contribution < -0.4 is 11.1 Å². The molecule has 1 heterocycles. The van der Waals surface area contributed by atoms with Gasteiger partial charge in [-0.15, -0.1) is 12.4 Å². The van der Waals surface area contributed by atoms with E-state index in [-0.39, 0.29) is 23.7 Å². The first-order valence-corrected chi connectivity index (χ1v) is 6.55. The molecule has 0 saturated heterocycles. The molecule has 19 heavy (non-hydrogen) atoms. The molecule has 1 amide bonds. The van der Waals surface area contributed by atoms with E-state index in [2.05, 4.69) is 24.1 Å². The van der Waals surface area contributed by atoms with Crippen molar-refractivity contribution in [3.63, 3.8) is 0 Å². The summed E-state index contributed by atoms with van der Waals surface area (Å²) in [5, 5.41) is 2.96. The Morgan fingerprint density at radius 2 is 2.16 bits per heavy atom. The Bertz CT molecular complexity index is 427. The molecule has 1 aliphatic carbocycles. The summed E-state index contributed by atoms with van der Waals surface area (Å²) >= 11 is 0. The number of carbonyl (C=O) groups excluding carboxylic acids is 1. The van der Waals surface area contributed by atoms with Gasteiger partial charge < -0.3 is 11.1 Å². The van der Waals surface area contributed by atoms with E-state index in [9.17, 15) is 4.79 Å². The highest BCUT2D eigenvalue weighted by molar-refractivity contribution is 5.95. The highest BCUT2D eigenvalue weighted by Crippen LogP contribution is 2.46. The smallest absolute Gasteiger partial charge is 0.230 e. The van der Waals surface area contributed by atoms with Crippen LogP contribution >= 0.6 is 12.4 Å². The third kappa shape index (κ3) is 3.60. The van der Waals surface area contributed by atoms with Crippen LogP contribution in [-0.2, 0) is 4.79 Å². The predicted molar refractivity (Wildman–Crippen MR) is 80.3 cm³/mol. The number of nitrogens with one attached hydrogen (secondary N) is 1. The molecule has 5 heteroatoms. The number of nitrogen functional groups attached to an aromatic ring is 1. The van der Waals surface area contributed by atoms with Crippen LogP contribution in [0.4, 0.5) is 11.5 Å². The Morgan fingerprint density at radius 3 is 2.58 bits per heavy atom. The molecule has 0 spiro atoms. The maximum absolute atomic E-state index is 12.4. The number of nitrogens with zero attached hydrogens (tertiary/aromatic N) is 1. The Labute approximate surface area is 120 Å². The summed E-state index contributed by atoms with van der Waals surface area (Å²) in [6.07, 6.45) is 5.72. The summed E-state index contributed by atoms with van der Waals surface area (Å²) in [5.41, 5.74) is 6.09. The molecule has 1 aliphatic rings. The van der Waals surface area contributed by atoms with Crippen LogP contribution in [0, 0.1) is 11.3 Å². The molecule has 1 aromatic rings. The van der Waals surface area contributed by atoms with Crippen molar-refractivity contribution >= 4 is 29.8 Å². The fraction of sp³-hybridized carbons (Fsp3) is 0.571. The van der Waals surface area contributed by atoms with Gasteiger partial charge in [-0.25, -0.2) is 4.98 Å². The fourth-order valence-electron chi connectivity index (χ4n) is 2.65. The van der Waals surface area contributed by atoms with Crippen molar-refractivity contribution in [2.75, 3.05) is 11.1 Å². The van der Waals surface area contributed by atoms with Crippen molar-refractivity contribution in [2.24, 2.45) is 11.3 Å². The molecule has 4 nitrogen and oxygen atoms in total. The molecular weight excluding hydrogens is 262 g/mol. The van der Waals surface area contributed by atoms with Crippen LogP contribution in [0.5, 0.6) is 0 Å². The van der Waals surface area contributed by atoms with Crippen LogP contribution in [-0.4, -0.2) is 10.9 Å². The highest BCUT2D eigenvalue weighted by Gasteiger charge is 2.44. The van der Waals surface area contributed by atoms with Gasteiger partial charge in [0.25, 0.3) is 0 Å². The van der Waals surface area contributed by atoms with Crippen LogP contribution in [0.2, 0.25) is 0 Å². The van der Waals surface area contributed by atoms with E-state index in [1.165, 1.54) is 0 Å². The van der Waals surface area contributed by atoms with Crippen LogP contribution in [0.3, 0.4) is 0 Å². The fourth-order valence-corrected chi connectivity index (χ4v) is 2.65. The lowest BCUT2D eigenvalue weighted by Gasteiger charge is -2.41. The summed E-state index contributed by atoms with van der Waals surface area (Å²) in [4.78, 5) is 16.3. The number of aromatic nitrogens is 1. The van der Waals surface area contributed by atoms with Gasteiger partial charge in [-0.05, 0) is 37.3 Å². The van der Waals surface area contributed by atoms with Gasteiger partial charge in [-0.2, -0.15) is 0 Å². The lowest BCUT2D eigenvalue weighted by Crippen LogP contribution is -2.43. The minimum atomic E-state index is -0.157. The normalized spacial score (nSPS) is 16.4. The zero-order valence-electron chi connectivity index (χ0n) is 11.5. The Kier molecular flexibility index (Phi) is 5.18. The second kappa shape index (κ2) is 6.24. The van der Waals surface area contributed by atoms with E-state index in [1.54, 1.807) is 18.3 Å². The number of amides is 1. The zero-order chi connectivity index (χ0) is 13.2. The first-order chi connectivity index (χ1) is 8.52. The maximum atomic E-state index is 12.4. The van der Waals surface area contributed by atoms with Crippen molar-refractivity contribution in [2.45, 2.75) is 39.5 Å². The summed E-state index contributed by atoms with van der Waals surface area (Å²) in [6.45, 7) is 4.33. The number of nitrogens with two attached hydrogens (primary N) is 1. The summed E-state index contributed by atoms with van der Waals surface area (Å²) in [6, 6.07) is 3.49. The van der Waals surface area contributed by atoms with E-state index < -0.39 is 0 Å². The second-order valence-corrected chi connectivity index (χ2v) is 5.66. The number of anilines is 2. The molecule has 0 aliphatic heterocycles. The van der Waals surface area contributed by atoms with E-state index in [0.717, 1.165) is 31.4 Å². The van der Waals surface area contributed by atoms with E-state index in [0.29, 0.717) is 11.7 Å². The Hall–Kier alpha value is -1.29. The molecule has 1 fully saturated rings. The summed E-state index contributed by atoms with van der Waals surface area (Å²) in [5.74, 6) is 1.14. The minimum absolute atomic E-state index is 0. The molecule has 2 rings (SSSR count). The van der Waals surface area contributed by atoms with Crippen molar-refractivity contribution in [1.29, 1.82) is 0 Å². The number of rotatable bonds is 4. The predicted octanol–water partition coefficient (Wildman–Crippen LogP) is 3.24. The second-order valence-electron chi connectivity index (χ2n) is 5.66. The average Bonchev–Trinajstić information content (AvgIpc) is 2.26. The van der Waals surface area contributed by atoms with Crippen LogP contribution in [0.25, 0.3) is 0 Å². The Morgan fingerprint density at radius 1 is 1.47 bits per heavy atom. The van der Waals surface area contributed by atoms with Gasteiger partial charge in [0.1, 0.15) is 5.82 Å². The molecule has 0 bridgehead atoms. The third-order valence-corrected chi connectivity index (χ3v) is 3.64. The van der Waals surface area contributed by atoms with Gasteiger partial charge in [-0.3, -0.25) is 4.79 Å². The first-order valence-electron chi connectivity index (χ1n) is 6.55. The first kappa shape index (κ1) is 15.8. The van der Waals surface area contributed by atoms with Crippen molar-refractivity contribution < 1.29 is 4.79 Å². The number of halogens is 1. The monoisotopic (exact) mass is 283 g/mol. The molecule has 3 N–H and O–H groups in total. The average molecular weight is 284 g/mol. The minimum Gasteiger partial charge on any atom is -0.384 e. The topological polar surface area (TPSA) is 68.0 Å². The van der Waals surface area contributed by atoms with Crippen molar-refractivity contribution in [1.82, 2.24) is 4.98 Å². The highest BCUT2D eigenvalue weighted by atomic mass is 35.5. The van der Waals surface area contributed by atoms with Gasteiger partial charge in [0.15, 0.2) is 0 Å². The van der Waals surface area contributed by atoms with Gasteiger partial charge in [0.2, 0.25) is 5.91 Å². The lowest BCUT2D eigenvalue weighted by atomic mass is 9.64. The lowest BCUT2D eigenvalue weighted by molar-refractivity contribution is -0.131. The van der Waals surface area contributed by atoms with E-state index >= 15 is 0 Å². The Balaban J connectivity index is 0.00000180. The number of pyridine rings is 1. The third-order valence-electron chi connectivity index (χ3n) is 3.64. The number of hydrogen-bond donors (Lipinski definition) is 2. The molecule has 0 aromatic carbocycles. The molecule has 0 radical (unpaired) electrons. The number of carbonyl (C=O) groups is 1. The van der Waals surface area contributed by atoms with Crippen molar-refractivity contribution in [3.8, 4) is 0 Å². The molecule has 0 atom stereocenters. The largest absolute Gasteiger partial charge is 0.384 e. The van der Waals surface area contributed by atoms with E-state index in [4.69, 9.17) is 5.73 Å². The summed E-state index contributed by atoms with van der Waals surface area (Å²) < 4.78 is 0. The standard InChI is InChI=1S/C14H21N3O.ClH/c1-10(2)8-14(6-3-7-14)13(18)17-11-4-5-12(15)16-9-11;/h4-5,9-10H,3,6-8H2,1-2H3,(H2,15,16)(H,17,18);1H. The van der Waals surface area contributed by atoms with Crippen LogP contribution in [0.1, 0.15) is 39.5 Å². The molecule has 1 aromatic heterocycles. The molecule has 1 saturated carbocycles. The van der Waals surface area contributed by atoms with Gasteiger partial charge in [0, 0.05) is 5.41 Å². The van der Waals surface area contributed by atoms with E-state index in [1.807, 2.05) is 0 Å². The van der Waals surface area contributed by atoms with Crippen molar-refractivity contribution in [3.05, 3.63) is 18.3 Å².